The van der Waals surface area contributed by atoms with Crippen LogP contribution >= 0.6 is 0 Å². The van der Waals surface area contributed by atoms with Crippen molar-refractivity contribution in [2.75, 3.05) is 0 Å². The Labute approximate surface area is 151 Å². The second-order valence-electron chi connectivity index (χ2n) is 10.5. The van der Waals surface area contributed by atoms with Crippen molar-refractivity contribution >= 4 is 0 Å². The molecule has 3 fully saturated rings. The van der Waals surface area contributed by atoms with Crippen molar-refractivity contribution in [3.63, 3.8) is 0 Å². The van der Waals surface area contributed by atoms with E-state index in [0.29, 0.717) is 10.8 Å². The Balaban J connectivity index is 1.92. The van der Waals surface area contributed by atoms with Gasteiger partial charge in [-0.15, -0.1) is 0 Å². The molecule has 0 heteroatoms. The molecular weight excluding hydrogens is 288 g/mol. The molecule has 0 spiro atoms. The van der Waals surface area contributed by atoms with Crippen LogP contribution in [0.5, 0.6) is 0 Å². The van der Waals surface area contributed by atoms with Crippen molar-refractivity contribution < 1.29 is 0 Å². The fraction of sp³-hybridized carbons (Fsp3) is 0.917. The highest BCUT2D eigenvalue weighted by atomic mass is 14.6. The molecule has 3 aliphatic rings. The van der Waals surface area contributed by atoms with Crippen molar-refractivity contribution in [1.29, 1.82) is 0 Å². The van der Waals surface area contributed by atoms with Crippen molar-refractivity contribution in [2.45, 2.75) is 106 Å². The predicted molar refractivity (Wildman–Crippen MR) is 106 cm³/mol. The zero-order chi connectivity index (χ0) is 17.5. The Kier molecular flexibility index (Phi) is 5.25. The molecule has 0 aliphatic heterocycles. The van der Waals surface area contributed by atoms with Crippen LogP contribution in [0.4, 0.5) is 0 Å². The van der Waals surface area contributed by atoms with Gasteiger partial charge < -0.3 is 0 Å². The molecule has 0 aromatic heterocycles. The number of hydrogen-bond acceptors (Lipinski definition) is 0. The normalized spacial score (nSPS) is 44.8. The first-order valence-corrected chi connectivity index (χ1v) is 11.0. The summed E-state index contributed by atoms with van der Waals surface area (Å²) in [5.41, 5.74) is 4.68. The van der Waals surface area contributed by atoms with E-state index in [0.717, 1.165) is 23.7 Å². The summed E-state index contributed by atoms with van der Waals surface area (Å²) in [6, 6.07) is 0. The summed E-state index contributed by atoms with van der Waals surface area (Å²) in [5.74, 6) is 3.88. The Morgan fingerprint density at radius 1 is 0.958 bits per heavy atom. The fourth-order valence-electron chi connectivity index (χ4n) is 7.04. The maximum atomic E-state index is 2.65. The molecule has 0 N–H and O–H groups in total. The van der Waals surface area contributed by atoms with Crippen LogP contribution in [-0.4, -0.2) is 0 Å². The molecule has 0 aromatic rings. The molecule has 3 aliphatic carbocycles. The number of fused-ring (bicyclic) bond motifs is 3. The van der Waals surface area contributed by atoms with E-state index in [-0.39, 0.29) is 0 Å². The quantitative estimate of drug-likeness (QED) is 0.430. The van der Waals surface area contributed by atoms with E-state index in [1.807, 2.05) is 5.57 Å². The molecule has 0 heterocycles. The average Bonchev–Trinajstić information content (AvgIpc) is 2.90. The van der Waals surface area contributed by atoms with Gasteiger partial charge in [0.15, 0.2) is 0 Å². The molecular formula is C24H42. The van der Waals surface area contributed by atoms with Gasteiger partial charge in [-0.1, -0.05) is 65.0 Å². The van der Waals surface area contributed by atoms with Crippen LogP contribution in [0, 0.1) is 34.5 Å². The van der Waals surface area contributed by atoms with Gasteiger partial charge >= 0.3 is 0 Å². The molecule has 3 rings (SSSR count). The Morgan fingerprint density at radius 3 is 2.42 bits per heavy atom. The lowest BCUT2D eigenvalue weighted by Crippen LogP contribution is -2.44. The molecule has 0 bridgehead atoms. The molecule has 5 unspecified atom stereocenters. The smallest absolute Gasteiger partial charge is 0.00826 e. The van der Waals surface area contributed by atoms with Crippen LogP contribution in [0.25, 0.3) is 0 Å². The van der Waals surface area contributed by atoms with Crippen LogP contribution < -0.4 is 0 Å². The first-order valence-electron chi connectivity index (χ1n) is 11.0. The molecule has 0 nitrogen and oxygen atoms in total. The SMILES string of the molecule is CC/C(C)=C1\CCC2C3CCCC(C)CCC(C)(C)C3CCC12C. The summed E-state index contributed by atoms with van der Waals surface area (Å²) in [6.45, 7) is 15.1. The molecule has 138 valence electrons. The minimum Gasteiger partial charge on any atom is -0.0738 e. The third-order valence-electron chi connectivity index (χ3n) is 8.79. The van der Waals surface area contributed by atoms with Crippen molar-refractivity contribution in [1.82, 2.24) is 0 Å². The van der Waals surface area contributed by atoms with Crippen LogP contribution in [-0.2, 0) is 0 Å². The van der Waals surface area contributed by atoms with Crippen LogP contribution in [0.1, 0.15) is 106 Å². The van der Waals surface area contributed by atoms with Gasteiger partial charge in [-0.2, -0.15) is 0 Å². The fourth-order valence-corrected chi connectivity index (χ4v) is 7.04. The Morgan fingerprint density at radius 2 is 1.71 bits per heavy atom. The first kappa shape index (κ1) is 18.5. The molecule has 5 atom stereocenters. The van der Waals surface area contributed by atoms with E-state index < -0.39 is 0 Å². The number of allylic oxidation sites excluding steroid dienone is 2. The van der Waals surface area contributed by atoms with Gasteiger partial charge in [0.2, 0.25) is 0 Å². The lowest BCUT2D eigenvalue weighted by molar-refractivity contribution is -0.0109. The zero-order valence-corrected chi connectivity index (χ0v) is 17.4. The topological polar surface area (TPSA) is 0 Å². The maximum Gasteiger partial charge on any atom is -0.00826 e. The average molecular weight is 331 g/mol. The number of hydrogen-bond donors (Lipinski definition) is 0. The van der Waals surface area contributed by atoms with Gasteiger partial charge in [0.25, 0.3) is 0 Å². The van der Waals surface area contributed by atoms with Crippen LogP contribution in [0.15, 0.2) is 11.1 Å². The molecule has 3 saturated carbocycles. The van der Waals surface area contributed by atoms with Gasteiger partial charge in [0.1, 0.15) is 0 Å². The van der Waals surface area contributed by atoms with Crippen molar-refractivity contribution in [3.8, 4) is 0 Å². The maximum absolute atomic E-state index is 2.65. The molecule has 0 amide bonds. The summed E-state index contributed by atoms with van der Waals surface area (Å²) in [5, 5.41) is 0. The first-order chi connectivity index (χ1) is 11.3. The van der Waals surface area contributed by atoms with Gasteiger partial charge in [0, 0.05) is 0 Å². The van der Waals surface area contributed by atoms with Crippen molar-refractivity contribution in [2.24, 2.45) is 34.5 Å². The second kappa shape index (κ2) is 6.81. The van der Waals surface area contributed by atoms with E-state index in [1.165, 1.54) is 64.2 Å². The number of rotatable bonds is 1. The zero-order valence-electron chi connectivity index (χ0n) is 17.4. The summed E-state index contributed by atoms with van der Waals surface area (Å²) >= 11 is 0. The van der Waals surface area contributed by atoms with Gasteiger partial charge in [-0.25, -0.2) is 0 Å². The Hall–Kier alpha value is -0.260. The molecule has 24 heavy (non-hydrogen) atoms. The van der Waals surface area contributed by atoms with Crippen molar-refractivity contribution in [3.05, 3.63) is 11.1 Å². The minimum absolute atomic E-state index is 0.539. The summed E-state index contributed by atoms with van der Waals surface area (Å²) in [4.78, 5) is 0. The van der Waals surface area contributed by atoms with E-state index in [9.17, 15) is 0 Å². The van der Waals surface area contributed by atoms with E-state index in [1.54, 1.807) is 5.57 Å². The monoisotopic (exact) mass is 330 g/mol. The van der Waals surface area contributed by atoms with E-state index >= 15 is 0 Å². The predicted octanol–water partition coefficient (Wildman–Crippen LogP) is 7.78. The van der Waals surface area contributed by atoms with Gasteiger partial charge in [0.05, 0.1) is 0 Å². The molecule has 0 aromatic carbocycles. The Bertz CT molecular complexity index is 482. The summed E-state index contributed by atoms with van der Waals surface area (Å²) in [6.07, 6.45) is 14.5. The standard InChI is InChI=1S/C24H42/c1-7-18(3)20-11-12-22-19-10-8-9-17(2)13-15-23(4,5)21(19)14-16-24(20,22)6/h17,19,21-22H,7-16H2,1-6H3/b20-18+. The second-order valence-corrected chi connectivity index (χ2v) is 10.5. The highest BCUT2D eigenvalue weighted by molar-refractivity contribution is 5.27. The highest BCUT2D eigenvalue weighted by Crippen LogP contribution is 2.63. The summed E-state index contributed by atoms with van der Waals surface area (Å²) < 4.78 is 0. The lowest BCUT2D eigenvalue weighted by Gasteiger charge is -2.52. The summed E-state index contributed by atoms with van der Waals surface area (Å²) in [7, 11) is 0. The van der Waals surface area contributed by atoms with Gasteiger partial charge in [-0.05, 0) is 86.4 Å². The van der Waals surface area contributed by atoms with Crippen LogP contribution in [0.2, 0.25) is 0 Å². The lowest BCUT2D eigenvalue weighted by atomic mass is 9.53. The molecule has 0 saturated heterocycles. The minimum atomic E-state index is 0.539. The van der Waals surface area contributed by atoms with Crippen LogP contribution in [0.3, 0.4) is 0 Å². The van der Waals surface area contributed by atoms with E-state index in [4.69, 9.17) is 0 Å². The molecule has 0 radical (unpaired) electrons. The highest BCUT2D eigenvalue weighted by Gasteiger charge is 2.54. The third kappa shape index (κ3) is 3.12. The van der Waals surface area contributed by atoms with E-state index in [2.05, 4.69) is 41.5 Å². The third-order valence-corrected chi connectivity index (χ3v) is 8.79. The van der Waals surface area contributed by atoms with Gasteiger partial charge in [-0.3, -0.25) is 0 Å². The largest absolute Gasteiger partial charge is 0.0738 e.